The zero-order valence-electron chi connectivity index (χ0n) is 18.6. The molecular formula is C23H27Cl2N7O. The molecule has 2 atom stereocenters. The fraction of sp³-hybridized carbons (Fsp3) is 0.304. The molecule has 4 aromatic rings. The third-order valence-corrected chi connectivity index (χ3v) is 5.55. The van der Waals surface area contributed by atoms with Crippen LogP contribution in [0.3, 0.4) is 0 Å². The van der Waals surface area contributed by atoms with Gasteiger partial charge in [-0.2, -0.15) is 0 Å². The van der Waals surface area contributed by atoms with Crippen LogP contribution in [-0.2, 0) is 0 Å². The van der Waals surface area contributed by atoms with Crippen molar-refractivity contribution in [2.45, 2.75) is 32.9 Å². The summed E-state index contributed by atoms with van der Waals surface area (Å²) in [6.07, 6.45) is 5.70. The van der Waals surface area contributed by atoms with E-state index in [2.05, 4.69) is 44.2 Å². The second kappa shape index (κ2) is 9.91. The van der Waals surface area contributed by atoms with Crippen molar-refractivity contribution in [1.29, 1.82) is 0 Å². The summed E-state index contributed by atoms with van der Waals surface area (Å²) in [5.74, 6) is 0.912. The summed E-state index contributed by atoms with van der Waals surface area (Å²) in [5.41, 5.74) is 4.58. The molecule has 0 radical (unpaired) electrons. The highest BCUT2D eigenvalue weighted by Gasteiger charge is 2.22. The van der Waals surface area contributed by atoms with Gasteiger partial charge in [-0.25, -0.2) is 9.97 Å². The van der Waals surface area contributed by atoms with Crippen molar-refractivity contribution in [2.24, 2.45) is 0 Å². The maximum Gasteiger partial charge on any atom is 0.151 e. The van der Waals surface area contributed by atoms with Crippen molar-refractivity contribution in [3.63, 3.8) is 0 Å². The highest BCUT2D eigenvalue weighted by molar-refractivity contribution is 5.85. The van der Waals surface area contributed by atoms with Crippen molar-refractivity contribution in [2.75, 3.05) is 18.0 Å². The minimum absolute atomic E-state index is 0. The first-order chi connectivity index (χ1) is 15.0. The molecule has 10 heteroatoms. The number of anilines is 1. The lowest BCUT2D eigenvalue weighted by molar-refractivity contribution is 0.404. The summed E-state index contributed by atoms with van der Waals surface area (Å²) in [6.45, 7) is 8.07. The molecule has 174 valence electrons. The SMILES string of the molecule is Cc1cn2cc(-c3cnc(-c4ccc(N5C[C@@H](C)N[C@@H](C)C5)nn4)c(O)c3)ccc2n1.Cl.Cl. The number of hydrogen-bond donors (Lipinski definition) is 2. The summed E-state index contributed by atoms with van der Waals surface area (Å²) in [6, 6.07) is 10.2. The van der Waals surface area contributed by atoms with E-state index in [1.807, 2.05) is 48.0 Å². The van der Waals surface area contributed by atoms with E-state index in [1.165, 1.54) is 0 Å². The molecular weight excluding hydrogens is 461 g/mol. The van der Waals surface area contributed by atoms with Crippen LogP contribution in [0.4, 0.5) is 5.82 Å². The molecule has 8 nitrogen and oxygen atoms in total. The quantitative estimate of drug-likeness (QED) is 0.452. The molecule has 0 unspecified atom stereocenters. The maximum absolute atomic E-state index is 10.6. The van der Waals surface area contributed by atoms with Crippen LogP contribution in [0.25, 0.3) is 28.2 Å². The van der Waals surface area contributed by atoms with Gasteiger partial charge in [-0.05, 0) is 51.1 Å². The minimum atomic E-state index is 0. The number of aromatic hydroxyl groups is 1. The number of hydrogen-bond acceptors (Lipinski definition) is 7. The van der Waals surface area contributed by atoms with E-state index in [-0.39, 0.29) is 30.6 Å². The lowest BCUT2D eigenvalue weighted by Crippen LogP contribution is -2.54. The average Bonchev–Trinajstić information content (AvgIpc) is 3.12. The molecule has 1 aliphatic heterocycles. The summed E-state index contributed by atoms with van der Waals surface area (Å²) >= 11 is 0. The van der Waals surface area contributed by atoms with Crippen LogP contribution in [0.5, 0.6) is 5.75 Å². The highest BCUT2D eigenvalue weighted by Crippen LogP contribution is 2.30. The molecule has 5 rings (SSSR count). The second-order valence-electron chi connectivity index (χ2n) is 8.31. The number of pyridine rings is 2. The lowest BCUT2D eigenvalue weighted by atomic mass is 10.1. The van der Waals surface area contributed by atoms with Gasteiger partial charge in [0.15, 0.2) is 5.82 Å². The van der Waals surface area contributed by atoms with E-state index in [1.54, 1.807) is 12.3 Å². The second-order valence-corrected chi connectivity index (χ2v) is 8.31. The Kier molecular flexibility index (Phi) is 7.41. The molecule has 5 heterocycles. The molecule has 1 fully saturated rings. The van der Waals surface area contributed by atoms with Crippen molar-refractivity contribution < 1.29 is 5.11 Å². The Hall–Kier alpha value is -2.94. The fourth-order valence-corrected chi connectivity index (χ4v) is 4.23. The van der Waals surface area contributed by atoms with E-state index >= 15 is 0 Å². The smallest absolute Gasteiger partial charge is 0.151 e. The first-order valence-electron chi connectivity index (χ1n) is 10.5. The van der Waals surface area contributed by atoms with Crippen molar-refractivity contribution >= 4 is 36.3 Å². The lowest BCUT2D eigenvalue weighted by Gasteiger charge is -2.36. The van der Waals surface area contributed by atoms with E-state index in [4.69, 9.17) is 0 Å². The van der Waals surface area contributed by atoms with Crippen LogP contribution in [-0.4, -0.2) is 54.8 Å². The Morgan fingerprint density at radius 1 is 0.970 bits per heavy atom. The van der Waals surface area contributed by atoms with Gasteiger partial charge < -0.3 is 19.7 Å². The van der Waals surface area contributed by atoms with Crippen LogP contribution in [0.2, 0.25) is 0 Å². The zero-order chi connectivity index (χ0) is 21.5. The third kappa shape index (κ3) is 5.03. The molecule has 0 aromatic carbocycles. The number of fused-ring (bicyclic) bond motifs is 1. The number of piperazine rings is 1. The van der Waals surface area contributed by atoms with Gasteiger partial charge in [0.05, 0.1) is 5.69 Å². The number of aromatic nitrogens is 5. The van der Waals surface area contributed by atoms with Gasteiger partial charge in [0.1, 0.15) is 22.8 Å². The largest absolute Gasteiger partial charge is 0.506 e. The molecule has 0 bridgehead atoms. The van der Waals surface area contributed by atoms with Crippen molar-refractivity contribution in [3.8, 4) is 28.3 Å². The summed E-state index contributed by atoms with van der Waals surface area (Å²) in [5, 5.41) is 22.9. The predicted molar refractivity (Wildman–Crippen MR) is 135 cm³/mol. The first kappa shape index (κ1) is 24.7. The average molecular weight is 488 g/mol. The van der Waals surface area contributed by atoms with Gasteiger partial charge in [-0.15, -0.1) is 35.0 Å². The Morgan fingerprint density at radius 3 is 2.39 bits per heavy atom. The molecule has 0 spiro atoms. The molecule has 0 aliphatic carbocycles. The molecule has 4 aromatic heterocycles. The Labute approximate surface area is 204 Å². The minimum Gasteiger partial charge on any atom is -0.506 e. The standard InChI is InChI=1S/C23H25N7O.2ClH/c1-14-10-29(11-15(2)25-14)22-7-5-19(27-28-22)23-20(31)8-18(9-24-23)17-4-6-21-26-16(3)12-30(21)13-17;;/h4-9,12-15,25,31H,10-11H2,1-3H3;2*1H/t14-,15+;;. The van der Waals surface area contributed by atoms with E-state index in [0.29, 0.717) is 23.5 Å². The van der Waals surface area contributed by atoms with Gasteiger partial charge in [-0.3, -0.25) is 0 Å². The summed E-state index contributed by atoms with van der Waals surface area (Å²) in [4.78, 5) is 11.1. The number of imidazole rings is 1. The monoisotopic (exact) mass is 487 g/mol. The fourth-order valence-electron chi connectivity index (χ4n) is 4.23. The van der Waals surface area contributed by atoms with E-state index < -0.39 is 0 Å². The number of nitrogens with one attached hydrogen (secondary N) is 1. The number of halogens is 2. The molecule has 2 N–H and O–H groups in total. The van der Waals surface area contributed by atoms with Crippen LogP contribution in [0, 0.1) is 6.92 Å². The van der Waals surface area contributed by atoms with Gasteiger partial charge >= 0.3 is 0 Å². The van der Waals surface area contributed by atoms with Crippen molar-refractivity contribution in [1.82, 2.24) is 29.9 Å². The van der Waals surface area contributed by atoms with E-state index in [0.717, 1.165) is 41.4 Å². The van der Waals surface area contributed by atoms with Gasteiger partial charge in [0, 0.05) is 54.9 Å². The van der Waals surface area contributed by atoms with Crippen LogP contribution >= 0.6 is 24.8 Å². The number of nitrogens with zero attached hydrogens (tertiary/aromatic N) is 6. The molecule has 1 aliphatic rings. The van der Waals surface area contributed by atoms with Crippen molar-refractivity contribution in [3.05, 3.63) is 54.6 Å². The van der Waals surface area contributed by atoms with Crippen LogP contribution < -0.4 is 10.2 Å². The Balaban J connectivity index is 0.00000153. The Morgan fingerprint density at radius 2 is 1.73 bits per heavy atom. The Bertz CT molecular complexity index is 1240. The molecule has 0 amide bonds. The normalized spacial score (nSPS) is 18.0. The topological polar surface area (TPSA) is 91.5 Å². The predicted octanol–water partition coefficient (Wildman–Crippen LogP) is 3.90. The number of rotatable bonds is 3. The zero-order valence-corrected chi connectivity index (χ0v) is 20.3. The van der Waals surface area contributed by atoms with E-state index in [9.17, 15) is 5.11 Å². The van der Waals surface area contributed by atoms with Gasteiger partial charge in [0.25, 0.3) is 0 Å². The molecule has 33 heavy (non-hydrogen) atoms. The van der Waals surface area contributed by atoms with Crippen LogP contribution in [0.15, 0.2) is 48.9 Å². The maximum atomic E-state index is 10.6. The molecule has 0 saturated carbocycles. The molecule has 1 saturated heterocycles. The summed E-state index contributed by atoms with van der Waals surface area (Å²) < 4.78 is 1.97. The van der Waals surface area contributed by atoms with Gasteiger partial charge in [-0.1, -0.05) is 0 Å². The van der Waals surface area contributed by atoms with Gasteiger partial charge in [0.2, 0.25) is 0 Å². The highest BCUT2D eigenvalue weighted by atomic mass is 35.5. The number of aryl methyl sites for hydroxylation is 1. The third-order valence-electron chi connectivity index (χ3n) is 5.55. The van der Waals surface area contributed by atoms with Crippen LogP contribution in [0.1, 0.15) is 19.5 Å². The summed E-state index contributed by atoms with van der Waals surface area (Å²) in [7, 11) is 0. The first-order valence-corrected chi connectivity index (χ1v) is 10.5.